The second-order valence-corrected chi connectivity index (χ2v) is 5.44. The van der Waals surface area contributed by atoms with Gasteiger partial charge < -0.3 is 19.7 Å². The third kappa shape index (κ3) is 5.54. The number of carbonyl (C=O) groups is 2. The molecule has 0 saturated carbocycles. The maximum absolute atomic E-state index is 12.1. The number of morpholine rings is 1. The summed E-state index contributed by atoms with van der Waals surface area (Å²) in [5, 5.41) is 2.80. The van der Waals surface area contributed by atoms with E-state index in [9.17, 15) is 9.59 Å². The third-order valence-corrected chi connectivity index (χ3v) is 3.56. The van der Waals surface area contributed by atoms with Gasteiger partial charge in [-0.05, 0) is 31.3 Å². The highest BCUT2D eigenvalue weighted by Gasteiger charge is 2.19. The van der Waals surface area contributed by atoms with Gasteiger partial charge >= 0.3 is 0 Å². The van der Waals surface area contributed by atoms with E-state index in [-0.39, 0.29) is 24.9 Å². The summed E-state index contributed by atoms with van der Waals surface area (Å²) >= 11 is 0. The van der Waals surface area contributed by atoms with Crippen molar-refractivity contribution in [3.05, 3.63) is 24.3 Å². The van der Waals surface area contributed by atoms with Crippen molar-refractivity contribution < 1.29 is 19.1 Å². The Morgan fingerprint density at radius 3 is 2.48 bits per heavy atom. The van der Waals surface area contributed by atoms with Crippen LogP contribution in [-0.2, 0) is 14.3 Å². The van der Waals surface area contributed by atoms with E-state index in [4.69, 9.17) is 9.47 Å². The van der Waals surface area contributed by atoms with Crippen molar-refractivity contribution in [2.24, 2.45) is 0 Å². The Hall–Kier alpha value is -2.12. The number of amides is 2. The Morgan fingerprint density at radius 2 is 1.87 bits per heavy atom. The molecule has 1 aliphatic rings. The van der Waals surface area contributed by atoms with Crippen molar-refractivity contribution in [3.8, 4) is 5.75 Å². The predicted molar refractivity (Wildman–Crippen MR) is 86.5 cm³/mol. The third-order valence-electron chi connectivity index (χ3n) is 3.56. The zero-order chi connectivity index (χ0) is 16.7. The largest absolute Gasteiger partial charge is 0.497 e. The number of nitrogens with one attached hydrogen (secondary N) is 1. The Labute approximate surface area is 136 Å². The molecule has 23 heavy (non-hydrogen) atoms. The normalized spacial score (nSPS) is 14.7. The number of carbonyl (C=O) groups excluding carboxylic acids is 2. The van der Waals surface area contributed by atoms with Gasteiger partial charge in [0.05, 0.1) is 33.4 Å². The molecule has 1 aromatic rings. The van der Waals surface area contributed by atoms with Crippen molar-refractivity contribution in [1.29, 1.82) is 0 Å². The average Bonchev–Trinajstić information content (AvgIpc) is 2.56. The van der Waals surface area contributed by atoms with Crippen molar-refractivity contribution in [3.63, 3.8) is 0 Å². The van der Waals surface area contributed by atoms with Crippen LogP contribution in [0.25, 0.3) is 0 Å². The van der Waals surface area contributed by atoms with Crippen LogP contribution < -0.4 is 10.1 Å². The molecule has 0 aliphatic carbocycles. The summed E-state index contributed by atoms with van der Waals surface area (Å²) < 4.78 is 10.3. The van der Waals surface area contributed by atoms with Gasteiger partial charge in [0.1, 0.15) is 5.75 Å². The molecule has 0 unspecified atom stereocenters. The highest BCUT2D eigenvalue weighted by atomic mass is 16.5. The molecule has 2 amide bonds. The van der Waals surface area contributed by atoms with Crippen molar-refractivity contribution >= 4 is 17.5 Å². The summed E-state index contributed by atoms with van der Waals surface area (Å²) in [5.41, 5.74) is 0.698. The standard InChI is InChI=1S/C16H23N3O4/c1-18(12-16(21)19-7-9-23-10-8-19)11-15(20)17-13-3-5-14(22-2)6-4-13/h3-6H,7-12H2,1-2H3,(H,17,20). The SMILES string of the molecule is COc1ccc(NC(=O)CN(C)CC(=O)N2CCOCC2)cc1. The molecule has 1 aromatic carbocycles. The molecule has 7 heteroatoms. The lowest BCUT2D eigenvalue weighted by Gasteiger charge is -2.28. The van der Waals surface area contributed by atoms with E-state index in [1.54, 1.807) is 48.2 Å². The maximum atomic E-state index is 12.1. The second-order valence-electron chi connectivity index (χ2n) is 5.44. The van der Waals surface area contributed by atoms with Crippen LogP contribution in [0.5, 0.6) is 5.75 Å². The Balaban J connectivity index is 1.76. The van der Waals surface area contributed by atoms with Crippen molar-refractivity contribution in [2.75, 3.05) is 58.9 Å². The number of benzene rings is 1. The summed E-state index contributed by atoms with van der Waals surface area (Å²) in [6, 6.07) is 7.10. The molecule has 1 fully saturated rings. The summed E-state index contributed by atoms with van der Waals surface area (Å²) in [6.45, 7) is 2.76. The molecule has 1 aliphatic heterocycles. The number of ether oxygens (including phenoxy) is 2. The number of likely N-dealkylation sites (N-methyl/N-ethyl adjacent to an activating group) is 1. The van der Waals surface area contributed by atoms with Crippen molar-refractivity contribution in [2.45, 2.75) is 0 Å². The second kappa shape index (κ2) is 8.50. The number of hydrogen-bond donors (Lipinski definition) is 1. The molecular weight excluding hydrogens is 298 g/mol. The first-order valence-corrected chi connectivity index (χ1v) is 7.56. The van der Waals surface area contributed by atoms with E-state index in [1.165, 1.54) is 0 Å². The lowest BCUT2D eigenvalue weighted by atomic mass is 10.3. The molecule has 0 radical (unpaired) electrons. The molecular formula is C16H23N3O4. The van der Waals surface area contributed by atoms with Gasteiger partial charge in [0, 0.05) is 18.8 Å². The smallest absolute Gasteiger partial charge is 0.238 e. The van der Waals surface area contributed by atoms with Gasteiger partial charge in [-0.25, -0.2) is 0 Å². The van der Waals surface area contributed by atoms with Crippen LogP contribution in [0.15, 0.2) is 24.3 Å². The fourth-order valence-corrected chi connectivity index (χ4v) is 2.32. The molecule has 1 heterocycles. The molecule has 0 bridgehead atoms. The lowest BCUT2D eigenvalue weighted by molar-refractivity contribution is -0.136. The molecule has 1 saturated heterocycles. The van der Waals surface area contributed by atoms with E-state index >= 15 is 0 Å². The zero-order valence-electron chi connectivity index (χ0n) is 13.6. The zero-order valence-corrected chi connectivity index (χ0v) is 13.6. The minimum absolute atomic E-state index is 0.0213. The molecule has 2 rings (SSSR count). The number of nitrogens with zero attached hydrogens (tertiary/aromatic N) is 2. The highest BCUT2D eigenvalue weighted by Crippen LogP contribution is 2.14. The number of methoxy groups -OCH3 is 1. The minimum Gasteiger partial charge on any atom is -0.497 e. The average molecular weight is 321 g/mol. The van der Waals surface area contributed by atoms with Gasteiger partial charge in [-0.3, -0.25) is 14.5 Å². The lowest BCUT2D eigenvalue weighted by Crippen LogP contribution is -2.46. The van der Waals surface area contributed by atoms with Crippen LogP contribution in [0.3, 0.4) is 0 Å². The van der Waals surface area contributed by atoms with Crippen LogP contribution in [0, 0.1) is 0 Å². The van der Waals surface area contributed by atoms with Crippen LogP contribution in [0.2, 0.25) is 0 Å². The fraction of sp³-hybridized carbons (Fsp3) is 0.500. The molecule has 0 atom stereocenters. The van der Waals surface area contributed by atoms with Crippen molar-refractivity contribution in [1.82, 2.24) is 9.80 Å². The quantitative estimate of drug-likeness (QED) is 0.822. The first-order valence-electron chi connectivity index (χ1n) is 7.56. The molecule has 7 nitrogen and oxygen atoms in total. The summed E-state index contributed by atoms with van der Waals surface area (Å²) in [7, 11) is 3.35. The van der Waals surface area contributed by atoms with Crippen LogP contribution in [0.1, 0.15) is 0 Å². The topological polar surface area (TPSA) is 71.1 Å². The van der Waals surface area contributed by atoms with E-state index in [2.05, 4.69) is 5.32 Å². The van der Waals surface area contributed by atoms with E-state index in [0.717, 1.165) is 5.75 Å². The van der Waals surface area contributed by atoms with E-state index in [0.29, 0.717) is 32.0 Å². The first kappa shape index (κ1) is 17.2. The Morgan fingerprint density at radius 1 is 1.22 bits per heavy atom. The number of hydrogen-bond acceptors (Lipinski definition) is 5. The summed E-state index contributed by atoms with van der Waals surface area (Å²) in [5.74, 6) is 0.594. The molecule has 0 aromatic heterocycles. The summed E-state index contributed by atoms with van der Waals surface area (Å²) in [6.07, 6.45) is 0. The summed E-state index contributed by atoms with van der Waals surface area (Å²) in [4.78, 5) is 27.6. The minimum atomic E-state index is -0.160. The van der Waals surface area contributed by atoms with E-state index in [1.807, 2.05) is 0 Å². The number of rotatable bonds is 6. The highest BCUT2D eigenvalue weighted by molar-refractivity contribution is 5.92. The van der Waals surface area contributed by atoms with Gasteiger partial charge in [-0.15, -0.1) is 0 Å². The Bertz CT molecular complexity index is 527. The van der Waals surface area contributed by atoms with Gasteiger partial charge in [0.15, 0.2) is 0 Å². The Kier molecular flexibility index (Phi) is 6.37. The fourth-order valence-electron chi connectivity index (χ4n) is 2.32. The molecule has 126 valence electrons. The van der Waals surface area contributed by atoms with Gasteiger partial charge in [0.25, 0.3) is 0 Å². The molecule has 1 N–H and O–H groups in total. The van der Waals surface area contributed by atoms with Gasteiger partial charge in [0.2, 0.25) is 11.8 Å². The number of anilines is 1. The monoisotopic (exact) mass is 321 g/mol. The maximum Gasteiger partial charge on any atom is 0.238 e. The first-order chi connectivity index (χ1) is 11.1. The van der Waals surface area contributed by atoms with E-state index < -0.39 is 0 Å². The van der Waals surface area contributed by atoms with Crippen LogP contribution >= 0.6 is 0 Å². The van der Waals surface area contributed by atoms with Crippen LogP contribution in [0.4, 0.5) is 5.69 Å². The van der Waals surface area contributed by atoms with Crippen LogP contribution in [-0.4, -0.2) is 75.2 Å². The molecule has 0 spiro atoms. The van der Waals surface area contributed by atoms with Gasteiger partial charge in [-0.2, -0.15) is 0 Å². The van der Waals surface area contributed by atoms with Gasteiger partial charge in [-0.1, -0.05) is 0 Å². The predicted octanol–water partition coefficient (Wildman–Crippen LogP) is 0.424.